The highest BCUT2D eigenvalue weighted by molar-refractivity contribution is 5.87. The van der Waals surface area contributed by atoms with Crippen molar-refractivity contribution in [3.05, 3.63) is 64.7 Å². The summed E-state index contributed by atoms with van der Waals surface area (Å²) in [4.78, 5) is 11.1. The van der Waals surface area contributed by atoms with Crippen LogP contribution in [0.4, 0.5) is 0 Å². The molecule has 2 N–H and O–H groups in total. The summed E-state index contributed by atoms with van der Waals surface area (Å²) in [5, 5.41) is 20.0. The molecule has 4 bridgehead atoms. The minimum Gasteiger partial charge on any atom is -0.478 e. The zero-order valence-electron chi connectivity index (χ0n) is 20.7. The Morgan fingerprint density at radius 3 is 2.31 bits per heavy atom. The molecule has 6 nitrogen and oxygen atoms in total. The highest BCUT2D eigenvalue weighted by Gasteiger charge is 2.52. The summed E-state index contributed by atoms with van der Waals surface area (Å²) in [6.07, 6.45) is 6.64. The van der Waals surface area contributed by atoms with E-state index in [1.807, 2.05) is 12.1 Å². The number of ether oxygens (including phenoxy) is 3. The molecule has 36 heavy (non-hydrogen) atoms. The first-order valence-electron chi connectivity index (χ1n) is 12.8. The molecule has 190 valence electrons. The van der Waals surface area contributed by atoms with Gasteiger partial charge in [-0.05, 0) is 104 Å². The van der Waals surface area contributed by atoms with Crippen LogP contribution in [-0.4, -0.2) is 43.3 Å². The zero-order chi connectivity index (χ0) is 25.1. The van der Waals surface area contributed by atoms with E-state index in [-0.39, 0.29) is 17.8 Å². The van der Waals surface area contributed by atoms with E-state index < -0.39 is 12.1 Å². The van der Waals surface area contributed by atoms with Gasteiger partial charge in [0.25, 0.3) is 0 Å². The maximum absolute atomic E-state index is 11.1. The molecule has 0 aromatic heterocycles. The van der Waals surface area contributed by atoms with Crippen LogP contribution in [0.1, 0.15) is 71.7 Å². The summed E-state index contributed by atoms with van der Waals surface area (Å²) in [6.45, 7) is 1.16. The van der Waals surface area contributed by atoms with Crippen molar-refractivity contribution in [2.45, 2.75) is 50.0 Å². The smallest absolute Gasteiger partial charge is 0.335 e. The number of hydrogen-bond donors (Lipinski definition) is 2. The average Bonchev–Trinajstić information content (AvgIpc) is 2.86. The third kappa shape index (κ3) is 5.29. The SMILES string of the molecule is COCCOCOc1ccc(C(O)C#Cc2ccc(C(=O)O)cc2)cc1C12CC3CC(CC(C3)C1)C2. The predicted molar refractivity (Wildman–Crippen MR) is 135 cm³/mol. The molecule has 0 spiro atoms. The summed E-state index contributed by atoms with van der Waals surface area (Å²) in [6, 6.07) is 12.3. The first-order valence-corrected chi connectivity index (χ1v) is 12.8. The Morgan fingerprint density at radius 1 is 1.03 bits per heavy atom. The van der Waals surface area contributed by atoms with Gasteiger partial charge in [-0.3, -0.25) is 0 Å². The van der Waals surface area contributed by atoms with E-state index in [0.717, 1.165) is 29.1 Å². The zero-order valence-corrected chi connectivity index (χ0v) is 20.7. The van der Waals surface area contributed by atoms with Crippen LogP contribution in [0.5, 0.6) is 5.75 Å². The molecule has 1 atom stereocenters. The maximum Gasteiger partial charge on any atom is 0.335 e. The fourth-order valence-electron chi connectivity index (χ4n) is 6.94. The number of rotatable bonds is 9. The predicted octanol–water partition coefficient (Wildman–Crippen LogP) is 4.94. The Kier molecular flexibility index (Phi) is 7.34. The van der Waals surface area contributed by atoms with Crippen LogP contribution in [0.15, 0.2) is 42.5 Å². The molecule has 0 saturated heterocycles. The van der Waals surface area contributed by atoms with Gasteiger partial charge < -0.3 is 24.4 Å². The highest BCUT2D eigenvalue weighted by atomic mass is 16.7. The third-order valence-electron chi connectivity index (χ3n) is 8.14. The molecule has 2 aromatic rings. The van der Waals surface area contributed by atoms with Crippen LogP contribution in [0.25, 0.3) is 0 Å². The fraction of sp³-hybridized carbons (Fsp3) is 0.500. The molecule has 6 rings (SSSR count). The number of benzene rings is 2. The van der Waals surface area contributed by atoms with Crippen LogP contribution in [0.2, 0.25) is 0 Å². The molecule has 1 unspecified atom stereocenters. The molecule has 0 heterocycles. The van der Waals surface area contributed by atoms with E-state index in [4.69, 9.17) is 19.3 Å². The second kappa shape index (κ2) is 10.6. The summed E-state index contributed by atoms with van der Waals surface area (Å²) < 4.78 is 16.8. The second-order valence-corrected chi connectivity index (χ2v) is 10.7. The lowest BCUT2D eigenvalue weighted by atomic mass is 9.48. The lowest BCUT2D eigenvalue weighted by Crippen LogP contribution is -2.48. The summed E-state index contributed by atoms with van der Waals surface area (Å²) in [5.41, 5.74) is 2.90. The van der Waals surface area contributed by atoms with Gasteiger partial charge >= 0.3 is 5.97 Å². The summed E-state index contributed by atoms with van der Waals surface area (Å²) in [5.74, 6) is 8.11. The number of methoxy groups -OCH3 is 1. The lowest BCUT2D eigenvalue weighted by Gasteiger charge is -2.57. The maximum atomic E-state index is 11.1. The average molecular weight is 491 g/mol. The first-order chi connectivity index (χ1) is 17.5. The Bertz CT molecular complexity index is 1110. The third-order valence-corrected chi connectivity index (χ3v) is 8.14. The van der Waals surface area contributed by atoms with Crippen molar-refractivity contribution in [3.63, 3.8) is 0 Å². The van der Waals surface area contributed by atoms with Crippen molar-refractivity contribution in [2.75, 3.05) is 27.1 Å². The number of aliphatic hydroxyl groups excluding tert-OH is 1. The highest BCUT2D eigenvalue weighted by Crippen LogP contribution is 2.62. The summed E-state index contributed by atoms with van der Waals surface area (Å²) in [7, 11) is 1.65. The normalized spacial score (nSPS) is 26.8. The van der Waals surface area contributed by atoms with E-state index in [1.165, 1.54) is 56.2 Å². The van der Waals surface area contributed by atoms with E-state index in [2.05, 4.69) is 17.9 Å². The second-order valence-electron chi connectivity index (χ2n) is 10.7. The Hall–Kier alpha value is -2.85. The van der Waals surface area contributed by atoms with Crippen molar-refractivity contribution in [2.24, 2.45) is 17.8 Å². The molecule has 4 saturated carbocycles. The summed E-state index contributed by atoms with van der Waals surface area (Å²) >= 11 is 0. The van der Waals surface area contributed by atoms with Crippen molar-refractivity contribution in [1.82, 2.24) is 0 Å². The fourth-order valence-corrected chi connectivity index (χ4v) is 6.94. The van der Waals surface area contributed by atoms with E-state index >= 15 is 0 Å². The van der Waals surface area contributed by atoms with Crippen LogP contribution in [0, 0.1) is 29.6 Å². The lowest BCUT2D eigenvalue weighted by molar-refractivity contribution is -0.0190. The molecule has 0 amide bonds. The van der Waals surface area contributed by atoms with Gasteiger partial charge in [0.2, 0.25) is 0 Å². The molecule has 4 aliphatic rings. The van der Waals surface area contributed by atoms with Gasteiger partial charge in [-0.25, -0.2) is 4.79 Å². The standard InChI is InChI=1S/C30H34O6/c1-34-10-11-35-19-36-28-9-7-25(27(31)8-4-20-2-5-24(6-3-20)29(32)33)15-26(28)30-16-21-12-22(17-30)14-23(13-21)18-30/h2-3,5-7,9,15,21-23,27,31H,10-14,16-19H2,1H3,(H,32,33). The van der Waals surface area contributed by atoms with Crippen LogP contribution in [-0.2, 0) is 14.9 Å². The molecule has 0 aliphatic heterocycles. The Labute approximate surface area is 212 Å². The van der Waals surface area contributed by atoms with Crippen LogP contribution in [0.3, 0.4) is 0 Å². The van der Waals surface area contributed by atoms with E-state index in [9.17, 15) is 9.90 Å². The molecule has 6 heteroatoms. The van der Waals surface area contributed by atoms with Gasteiger partial charge in [-0.2, -0.15) is 0 Å². The topological polar surface area (TPSA) is 85.2 Å². The van der Waals surface area contributed by atoms with Crippen molar-refractivity contribution in [1.29, 1.82) is 0 Å². The van der Waals surface area contributed by atoms with Gasteiger partial charge in [-0.15, -0.1) is 0 Å². The van der Waals surface area contributed by atoms with Crippen LogP contribution >= 0.6 is 0 Å². The van der Waals surface area contributed by atoms with Crippen molar-refractivity contribution in [3.8, 4) is 17.6 Å². The number of aliphatic hydroxyl groups is 1. The van der Waals surface area contributed by atoms with Gasteiger partial charge in [0.1, 0.15) is 11.9 Å². The van der Waals surface area contributed by atoms with Gasteiger partial charge in [0.15, 0.2) is 6.79 Å². The van der Waals surface area contributed by atoms with Gasteiger partial charge in [-0.1, -0.05) is 17.9 Å². The molecule has 0 radical (unpaired) electrons. The molecule has 4 aliphatic carbocycles. The van der Waals surface area contributed by atoms with Crippen molar-refractivity contribution >= 4 is 5.97 Å². The minimum absolute atomic E-state index is 0.0897. The number of hydrogen-bond acceptors (Lipinski definition) is 5. The van der Waals surface area contributed by atoms with Gasteiger partial charge in [0, 0.05) is 18.2 Å². The molecule has 2 aromatic carbocycles. The quantitative estimate of drug-likeness (QED) is 0.294. The van der Waals surface area contributed by atoms with Crippen LogP contribution < -0.4 is 4.74 Å². The molecular formula is C30H34O6. The number of carboxylic acids is 1. The Balaban J connectivity index is 1.40. The molecular weight excluding hydrogens is 456 g/mol. The first kappa shape index (κ1) is 24.8. The van der Waals surface area contributed by atoms with E-state index in [1.54, 1.807) is 19.2 Å². The number of carboxylic acid groups (broad SMARTS) is 1. The Morgan fingerprint density at radius 2 is 1.69 bits per heavy atom. The monoisotopic (exact) mass is 490 g/mol. The number of carbonyl (C=O) groups is 1. The molecule has 4 fully saturated rings. The number of aromatic carboxylic acids is 1. The largest absolute Gasteiger partial charge is 0.478 e. The van der Waals surface area contributed by atoms with Crippen molar-refractivity contribution < 1.29 is 29.2 Å². The van der Waals surface area contributed by atoms with Gasteiger partial charge in [0.05, 0.1) is 18.8 Å². The van der Waals surface area contributed by atoms with E-state index in [0.29, 0.717) is 18.8 Å². The minimum atomic E-state index is -0.974.